The van der Waals surface area contributed by atoms with Crippen molar-refractivity contribution in [3.63, 3.8) is 0 Å². The summed E-state index contributed by atoms with van der Waals surface area (Å²) in [4.78, 5) is 14.9. The van der Waals surface area contributed by atoms with Gasteiger partial charge in [0, 0.05) is 13.0 Å². The summed E-state index contributed by atoms with van der Waals surface area (Å²) < 4.78 is 0. The van der Waals surface area contributed by atoms with E-state index in [2.05, 4.69) is 20.5 Å². The van der Waals surface area contributed by atoms with Crippen LogP contribution in [0, 0.1) is 0 Å². The summed E-state index contributed by atoms with van der Waals surface area (Å²) in [6, 6.07) is -0.463. The second kappa shape index (κ2) is 4.56. The van der Waals surface area contributed by atoms with Crippen LogP contribution in [0.15, 0.2) is 6.33 Å². The maximum absolute atomic E-state index is 11.0. The molecule has 0 aliphatic rings. The molecule has 0 radical (unpaired) electrons. The molecule has 0 saturated heterocycles. The van der Waals surface area contributed by atoms with E-state index in [0.717, 1.165) is 5.82 Å². The second-order valence-electron chi connectivity index (χ2n) is 2.76. The molecule has 1 amide bonds. The first-order valence-electron chi connectivity index (χ1n) is 4.07. The number of hydrogen-bond acceptors (Lipinski definition) is 4. The van der Waals surface area contributed by atoms with Gasteiger partial charge in [0.25, 0.3) is 0 Å². The molecule has 0 saturated carbocycles. The number of nitrogens with zero attached hydrogens (tertiary/aromatic N) is 2. The molecule has 72 valence electrons. The van der Waals surface area contributed by atoms with E-state index in [0.29, 0.717) is 13.0 Å². The van der Waals surface area contributed by atoms with Gasteiger partial charge in [-0.2, -0.15) is 5.10 Å². The van der Waals surface area contributed by atoms with Gasteiger partial charge in [0.15, 0.2) is 0 Å². The Morgan fingerprint density at radius 2 is 2.62 bits per heavy atom. The van der Waals surface area contributed by atoms with Crippen LogP contribution < -0.4 is 11.1 Å². The van der Waals surface area contributed by atoms with E-state index in [4.69, 9.17) is 5.73 Å². The molecule has 6 heteroatoms. The lowest BCUT2D eigenvalue weighted by molar-refractivity contribution is -0.121. The summed E-state index contributed by atoms with van der Waals surface area (Å²) in [5.41, 5.74) is 5.35. The first kappa shape index (κ1) is 9.66. The summed E-state index contributed by atoms with van der Waals surface area (Å²) in [5.74, 6) is 0.601. The number of hydrogen-bond donors (Lipinski definition) is 3. The monoisotopic (exact) mass is 183 g/mol. The van der Waals surface area contributed by atoms with Crippen molar-refractivity contribution >= 4 is 5.91 Å². The highest BCUT2D eigenvalue weighted by Crippen LogP contribution is 1.85. The number of nitrogens with one attached hydrogen (secondary N) is 2. The summed E-state index contributed by atoms with van der Waals surface area (Å²) >= 11 is 0. The molecule has 0 aliphatic carbocycles. The van der Waals surface area contributed by atoms with Crippen LogP contribution in [0.4, 0.5) is 0 Å². The Balaban J connectivity index is 2.18. The number of amides is 1. The number of carbonyl (C=O) groups excluding carboxylic acids is 1. The first-order chi connectivity index (χ1) is 6.20. The molecule has 0 spiro atoms. The van der Waals surface area contributed by atoms with Crippen LogP contribution in [-0.2, 0) is 11.2 Å². The maximum Gasteiger partial charge on any atom is 0.236 e. The van der Waals surface area contributed by atoms with E-state index >= 15 is 0 Å². The van der Waals surface area contributed by atoms with Crippen LogP contribution in [0.5, 0.6) is 0 Å². The van der Waals surface area contributed by atoms with Crippen molar-refractivity contribution in [1.82, 2.24) is 20.5 Å². The topological polar surface area (TPSA) is 96.7 Å². The Kier molecular flexibility index (Phi) is 3.39. The molecule has 1 rings (SSSR count). The van der Waals surface area contributed by atoms with Crippen LogP contribution in [0.2, 0.25) is 0 Å². The average Bonchev–Trinajstić information content (AvgIpc) is 2.56. The van der Waals surface area contributed by atoms with Gasteiger partial charge in [-0.15, -0.1) is 0 Å². The summed E-state index contributed by atoms with van der Waals surface area (Å²) in [6.45, 7) is 2.17. The third-order valence-electron chi connectivity index (χ3n) is 1.54. The maximum atomic E-state index is 11.0. The molecule has 1 atom stereocenters. The van der Waals surface area contributed by atoms with Gasteiger partial charge in [-0.1, -0.05) is 0 Å². The zero-order valence-electron chi connectivity index (χ0n) is 7.45. The largest absolute Gasteiger partial charge is 0.354 e. The molecular weight excluding hydrogens is 170 g/mol. The predicted octanol–water partition coefficient (Wildman–Crippen LogP) is -1.19. The minimum Gasteiger partial charge on any atom is -0.354 e. The van der Waals surface area contributed by atoms with Gasteiger partial charge < -0.3 is 11.1 Å². The fourth-order valence-corrected chi connectivity index (χ4v) is 0.816. The standard InChI is InChI=1S/C7H13N5O/c1-5(8)7(13)9-3-2-6-10-4-11-12-6/h4-5H,2-3,8H2,1H3,(H,9,13)(H,10,11,12)/t5-/m1/s1. The van der Waals surface area contributed by atoms with E-state index < -0.39 is 6.04 Å². The summed E-state index contributed by atoms with van der Waals surface area (Å²) in [6.07, 6.45) is 2.07. The van der Waals surface area contributed by atoms with Crippen molar-refractivity contribution in [1.29, 1.82) is 0 Å². The molecule has 0 fully saturated rings. The Morgan fingerprint density at radius 3 is 3.15 bits per heavy atom. The van der Waals surface area contributed by atoms with Crippen molar-refractivity contribution in [2.24, 2.45) is 5.73 Å². The van der Waals surface area contributed by atoms with Gasteiger partial charge in [0.05, 0.1) is 6.04 Å². The fourth-order valence-electron chi connectivity index (χ4n) is 0.816. The lowest BCUT2D eigenvalue weighted by Gasteiger charge is -2.05. The molecule has 0 aromatic carbocycles. The molecule has 0 bridgehead atoms. The highest BCUT2D eigenvalue weighted by atomic mass is 16.2. The van der Waals surface area contributed by atoms with Crippen LogP contribution in [-0.4, -0.2) is 33.7 Å². The van der Waals surface area contributed by atoms with Crippen molar-refractivity contribution < 1.29 is 4.79 Å². The van der Waals surface area contributed by atoms with Crippen LogP contribution in [0.1, 0.15) is 12.7 Å². The van der Waals surface area contributed by atoms with Gasteiger partial charge in [0.1, 0.15) is 12.2 Å². The predicted molar refractivity (Wildman–Crippen MR) is 46.7 cm³/mol. The normalized spacial score (nSPS) is 12.5. The lowest BCUT2D eigenvalue weighted by Crippen LogP contribution is -2.39. The number of rotatable bonds is 4. The third-order valence-corrected chi connectivity index (χ3v) is 1.54. The Morgan fingerprint density at radius 1 is 1.85 bits per heavy atom. The molecule has 0 aliphatic heterocycles. The van der Waals surface area contributed by atoms with E-state index in [1.807, 2.05) is 0 Å². The van der Waals surface area contributed by atoms with Crippen LogP contribution >= 0.6 is 0 Å². The Bertz CT molecular complexity index is 256. The highest BCUT2D eigenvalue weighted by Gasteiger charge is 2.05. The zero-order valence-corrected chi connectivity index (χ0v) is 7.45. The number of aromatic amines is 1. The molecule has 1 heterocycles. The van der Waals surface area contributed by atoms with Crippen LogP contribution in [0.25, 0.3) is 0 Å². The van der Waals surface area contributed by atoms with Gasteiger partial charge in [-0.25, -0.2) is 4.98 Å². The minimum atomic E-state index is -0.463. The molecule has 1 aromatic heterocycles. The summed E-state index contributed by atoms with van der Waals surface area (Å²) in [7, 11) is 0. The van der Waals surface area contributed by atoms with E-state index in [1.54, 1.807) is 6.92 Å². The van der Waals surface area contributed by atoms with Crippen molar-refractivity contribution in [3.8, 4) is 0 Å². The van der Waals surface area contributed by atoms with Crippen molar-refractivity contribution in [2.45, 2.75) is 19.4 Å². The highest BCUT2D eigenvalue weighted by molar-refractivity contribution is 5.80. The van der Waals surface area contributed by atoms with E-state index in [1.165, 1.54) is 6.33 Å². The number of H-pyrrole nitrogens is 1. The molecule has 6 nitrogen and oxygen atoms in total. The SMILES string of the molecule is C[C@@H](N)C(=O)NCCc1ncn[nH]1. The van der Waals surface area contributed by atoms with E-state index in [9.17, 15) is 4.79 Å². The average molecular weight is 183 g/mol. The molecular formula is C7H13N5O. The molecule has 13 heavy (non-hydrogen) atoms. The lowest BCUT2D eigenvalue weighted by atomic mass is 10.3. The number of carbonyl (C=O) groups is 1. The quantitative estimate of drug-likeness (QED) is 0.547. The Hall–Kier alpha value is -1.43. The smallest absolute Gasteiger partial charge is 0.236 e. The van der Waals surface area contributed by atoms with Crippen molar-refractivity contribution in [3.05, 3.63) is 12.2 Å². The Labute approximate surface area is 75.9 Å². The zero-order chi connectivity index (χ0) is 9.68. The van der Waals surface area contributed by atoms with Crippen molar-refractivity contribution in [2.75, 3.05) is 6.54 Å². The van der Waals surface area contributed by atoms with Gasteiger partial charge >= 0.3 is 0 Å². The third kappa shape index (κ3) is 3.20. The molecule has 4 N–H and O–H groups in total. The van der Waals surface area contributed by atoms with Gasteiger partial charge in [-0.3, -0.25) is 9.89 Å². The molecule has 0 unspecified atom stereocenters. The van der Waals surface area contributed by atoms with Gasteiger partial charge in [0.2, 0.25) is 5.91 Å². The number of aromatic nitrogens is 3. The first-order valence-corrected chi connectivity index (χ1v) is 4.07. The molecule has 1 aromatic rings. The minimum absolute atomic E-state index is 0.153. The second-order valence-corrected chi connectivity index (χ2v) is 2.76. The fraction of sp³-hybridized carbons (Fsp3) is 0.571. The summed E-state index contributed by atoms with van der Waals surface area (Å²) in [5, 5.41) is 9.05. The number of nitrogens with two attached hydrogens (primary N) is 1. The van der Waals surface area contributed by atoms with Gasteiger partial charge in [-0.05, 0) is 6.92 Å². The van der Waals surface area contributed by atoms with Crippen LogP contribution in [0.3, 0.4) is 0 Å². The van der Waals surface area contributed by atoms with E-state index in [-0.39, 0.29) is 5.91 Å².